The lowest BCUT2D eigenvalue weighted by atomic mass is 9.63. The summed E-state index contributed by atoms with van der Waals surface area (Å²) in [6.45, 7) is 67.4. The second-order valence-corrected chi connectivity index (χ2v) is 30.6. The summed E-state index contributed by atoms with van der Waals surface area (Å²) >= 11 is 0. The minimum atomic E-state index is -0.183. The van der Waals surface area contributed by atoms with E-state index in [2.05, 4.69) is 267 Å². The average Bonchev–Trinajstić information content (AvgIpc) is 3.17. The van der Waals surface area contributed by atoms with Crippen LogP contribution in [0.15, 0.2) is 72.8 Å². The van der Waals surface area contributed by atoms with Crippen molar-refractivity contribution in [2.75, 3.05) is 0 Å². The molecule has 0 aliphatic heterocycles. The van der Waals surface area contributed by atoms with Gasteiger partial charge in [0.15, 0.2) is 0 Å². The molecule has 0 N–H and O–H groups in total. The first-order valence-electron chi connectivity index (χ1n) is 27.4. The van der Waals surface area contributed by atoms with Crippen LogP contribution in [-0.2, 0) is 43.3 Å². The van der Waals surface area contributed by atoms with E-state index in [9.17, 15) is 0 Å². The predicted molar refractivity (Wildman–Crippen MR) is 321 cm³/mol. The third-order valence-electron chi connectivity index (χ3n) is 16.0. The smallest absolute Gasteiger partial charge is 0.000730 e. The van der Waals surface area contributed by atoms with Gasteiger partial charge in [-0.05, 0) is 205 Å². The fraction of sp³-hybridized carbons (Fsp3) is 0.500. The van der Waals surface area contributed by atoms with Gasteiger partial charge in [0.05, 0.1) is 0 Å². The molecule has 7 rings (SSSR count). The maximum absolute atomic E-state index is 2.63. The highest BCUT2D eigenvalue weighted by molar-refractivity contribution is 6.23. The van der Waals surface area contributed by atoms with Crippen LogP contribution >= 0.6 is 0 Å². The summed E-state index contributed by atoms with van der Waals surface area (Å²) in [4.78, 5) is 0. The third-order valence-corrected chi connectivity index (χ3v) is 16.0. The summed E-state index contributed by atoms with van der Waals surface area (Å²) in [5, 5.41) is 0. The molecule has 1 aliphatic rings. The first-order chi connectivity index (χ1) is 32.5. The van der Waals surface area contributed by atoms with E-state index in [1.807, 2.05) is 0 Å². The molecule has 0 fully saturated rings. The van der Waals surface area contributed by atoms with Gasteiger partial charge < -0.3 is 0 Å². The van der Waals surface area contributed by atoms with Gasteiger partial charge in [0.1, 0.15) is 0 Å². The van der Waals surface area contributed by atoms with Crippen molar-refractivity contribution < 1.29 is 0 Å². The van der Waals surface area contributed by atoms with Crippen molar-refractivity contribution in [2.45, 2.75) is 237 Å². The summed E-state index contributed by atoms with van der Waals surface area (Å²) in [5.41, 5.74) is 32.2. The van der Waals surface area contributed by atoms with Crippen molar-refractivity contribution in [1.82, 2.24) is 0 Å². The van der Waals surface area contributed by atoms with Crippen molar-refractivity contribution in [3.63, 3.8) is 0 Å². The van der Waals surface area contributed by atoms with Crippen LogP contribution < -0.4 is 0 Å². The molecule has 0 atom stereocenters. The largest absolute Gasteiger partial charge is 0.0616 e. The van der Waals surface area contributed by atoms with Gasteiger partial charge in [0, 0.05) is 0 Å². The second-order valence-electron chi connectivity index (χ2n) is 30.6. The molecular weight excluding hydrogens is 865 g/mol. The van der Waals surface area contributed by atoms with Crippen LogP contribution in [-0.4, -0.2) is 0 Å². The monoisotopic (exact) mass is 961 g/mol. The predicted octanol–water partition coefficient (Wildman–Crippen LogP) is 21.6. The number of aryl methyl sites for hydroxylation is 4. The highest BCUT2D eigenvalue weighted by Gasteiger charge is 2.42. The molecule has 72 heavy (non-hydrogen) atoms. The van der Waals surface area contributed by atoms with Crippen LogP contribution in [0.4, 0.5) is 0 Å². The molecule has 384 valence electrons. The Bertz CT molecular complexity index is 2920. The van der Waals surface area contributed by atoms with Gasteiger partial charge >= 0.3 is 0 Å². The molecular formula is C72H96. The lowest BCUT2D eigenvalue weighted by molar-refractivity contribution is 0.565. The van der Waals surface area contributed by atoms with Gasteiger partial charge in [-0.25, -0.2) is 0 Å². The summed E-state index contributed by atoms with van der Waals surface area (Å²) in [7, 11) is 0. The molecule has 0 amide bonds. The quantitative estimate of drug-likeness (QED) is 0.165. The van der Waals surface area contributed by atoms with E-state index < -0.39 is 0 Å². The van der Waals surface area contributed by atoms with E-state index in [4.69, 9.17) is 0 Å². The number of hydrogen-bond donors (Lipinski definition) is 0. The number of fused-ring (bicyclic) bond motifs is 4. The van der Waals surface area contributed by atoms with Gasteiger partial charge in [0.25, 0.3) is 0 Å². The summed E-state index contributed by atoms with van der Waals surface area (Å²) in [5.74, 6) is 0. The van der Waals surface area contributed by atoms with E-state index in [0.717, 1.165) is 0 Å². The molecule has 0 saturated heterocycles. The second kappa shape index (κ2) is 17.5. The Labute approximate surface area is 441 Å². The molecule has 0 heteroatoms. The van der Waals surface area contributed by atoms with Crippen molar-refractivity contribution in [3.05, 3.63) is 140 Å². The highest BCUT2D eigenvalue weighted by atomic mass is 14.4. The lowest BCUT2D eigenvalue weighted by Gasteiger charge is -2.40. The first kappa shape index (κ1) is 55.1. The Morgan fingerprint density at radius 3 is 0.500 bits per heavy atom. The molecule has 0 unspecified atom stereocenters. The van der Waals surface area contributed by atoms with E-state index in [0.29, 0.717) is 0 Å². The summed E-state index contributed by atoms with van der Waals surface area (Å²) in [6.07, 6.45) is 0. The Morgan fingerprint density at radius 1 is 0.194 bits per heavy atom. The molecule has 6 aromatic carbocycles. The molecule has 0 heterocycles. The topological polar surface area (TPSA) is 0 Å². The average molecular weight is 962 g/mol. The van der Waals surface area contributed by atoms with E-state index in [-0.39, 0.29) is 43.3 Å². The zero-order chi connectivity index (χ0) is 54.3. The molecule has 0 aromatic heterocycles. The fourth-order valence-corrected chi connectivity index (χ4v) is 12.6. The Balaban J connectivity index is 1.99. The Hall–Kier alpha value is -4.68. The molecule has 0 saturated carbocycles. The van der Waals surface area contributed by atoms with Crippen molar-refractivity contribution in [1.29, 1.82) is 0 Å². The van der Waals surface area contributed by atoms with Gasteiger partial charge in [0.2, 0.25) is 0 Å². The van der Waals surface area contributed by atoms with Crippen LogP contribution in [0.3, 0.4) is 0 Å². The SMILES string of the molecule is Cc1cc(-c2c3c(c(-c4cc(C)c(C(C)(C)C)cc4C(C)(C)C)c(-c4cc(C)c(C(C)(C)C)cc4C(C)(C)C)c2-c2cc(C)c(C(C)(C)C)cc2C(C)(C)C)-c2ccccc2-3)c(C(C)(C)C)cc1C(C)(C)C. The van der Waals surface area contributed by atoms with Crippen LogP contribution in [0.2, 0.25) is 0 Å². The Kier molecular flexibility index (Phi) is 13.4. The number of hydrogen-bond acceptors (Lipinski definition) is 0. The van der Waals surface area contributed by atoms with Crippen molar-refractivity contribution >= 4 is 0 Å². The fourth-order valence-electron chi connectivity index (χ4n) is 12.6. The normalized spacial score (nSPS) is 13.8. The zero-order valence-corrected chi connectivity index (χ0v) is 50.9. The summed E-state index contributed by atoms with van der Waals surface area (Å²) in [6, 6.07) is 30.3. The van der Waals surface area contributed by atoms with Crippen LogP contribution in [0.1, 0.15) is 233 Å². The van der Waals surface area contributed by atoms with E-state index >= 15 is 0 Å². The third kappa shape index (κ3) is 9.77. The maximum atomic E-state index is 2.63. The molecule has 6 aromatic rings. The molecule has 1 aliphatic carbocycles. The van der Waals surface area contributed by atoms with E-state index in [1.54, 1.807) is 0 Å². The van der Waals surface area contributed by atoms with Crippen LogP contribution in [0, 0.1) is 27.7 Å². The maximum Gasteiger partial charge on any atom is -0.000730 e. The number of rotatable bonds is 4. The molecule has 0 nitrogen and oxygen atoms in total. The first-order valence-corrected chi connectivity index (χ1v) is 27.4. The molecule has 0 bridgehead atoms. The highest BCUT2D eigenvalue weighted by Crippen LogP contribution is 2.65. The van der Waals surface area contributed by atoms with Gasteiger partial charge in [-0.3, -0.25) is 0 Å². The van der Waals surface area contributed by atoms with Gasteiger partial charge in [-0.2, -0.15) is 0 Å². The lowest BCUT2D eigenvalue weighted by Crippen LogP contribution is -2.22. The summed E-state index contributed by atoms with van der Waals surface area (Å²) < 4.78 is 0. The van der Waals surface area contributed by atoms with Crippen molar-refractivity contribution in [2.24, 2.45) is 0 Å². The minimum Gasteiger partial charge on any atom is -0.0616 e. The van der Waals surface area contributed by atoms with Crippen LogP contribution in [0.5, 0.6) is 0 Å². The number of benzene rings is 6. The standard InChI is InChI=1S/C72H96/c1-41-33-47(55(69(17,18)19)37-51(41)65(5,6)7)61-59-45-31-29-30-32-46(45)60(59)62(48-34-42(2)52(66(8,9)10)38-56(48)70(20,21)22)64(50-36-44(4)54(68(14,15)16)40-58(50)72(26,27)28)63(61)49-35-43(3)53(67(11,12)13)39-57(49)71(23,24)25/h29-40H,1-28H3. The molecule has 0 spiro atoms. The van der Waals surface area contributed by atoms with Crippen LogP contribution in [0.25, 0.3) is 66.8 Å². The van der Waals surface area contributed by atoms with Gasteiger partial charge in [-0.1, -0.05) is 239 Å². The minimum absolute atomic E-state index is 0.0220. The van der Waals surface area contributed by atoms with Gasteiger partial charge in [-0.15, -0.1) is 0 Å². The van der Waals surface area contributed by atoms with Crippen molar-refractivity contribution in [3.8, 4) is 66.8 Å². The van der Waals surface area contributed by atoms with E-state index in [1.165, 1.54) is 134 Å². The zero-order valence-electron chi connectivity index (χ0n) is 50.9. The molecule has 0 radical (unpaired) electrons. The Morgan fingerprint density at radius 2 is 0.347 bits per heavy atom.